The van der Waals surface area contributed by atoms with E-state index in [9.17, 15) is 10.2 Å². The van der Waals surface area contributed by atoms with Gasteiger partial charge < -0.3 is 14.9 Å². The number of methoxy groups -OCH3 is 1. The van der Waals surface area contributed by atoms with E-state index in [0.29, 0.717) is 10.2 Å². The van der Waals surface area contributed by atoms with Crippen LogP contribution in [0.4, 0.5) is 0 Å². The fourth-order valence-electron chi connectivity index (χ4n) is 1.72. The molecule has 0 heterocycles. The molecule has 3 nitrogen and oxygen atoms in total. The predicted molar refractivity (Wildman–Crippen MR) is 60.4 cm³/mol. The average Bonchev–Trinajstić information content (AvgIpc) is 3.02. The number of hydrogen-bond acceptors (Lipinski definition) is 3. The van der Waals surface area contributed by atoms with Crippen molar-refractivity contribution in [3.05, 3.63) is 22.2 Å². The van der Waals surface area contributed by atoms with Crippen molar-refractivity contribution in [3.8, 4) is 11.5 Å². The zero-order valence-electron chi connectivity index (χ0n) is 8.46. The van der Waals surface area contributed by atoms with E-state index in [1.807, 2.05) is 6.07 Å². The lowest BCUT2D eigenvalue weighted by Crippen LogP contribution is -2.11. The van der Waals surface area contributed by atoms with E-state index < -0.39 is 0 Å². The monoisotopic (exact) mass is 272 g/mol. The largest absolute Gasteiger partial charge is 0.503 e. The maximum absolute atomic E-state index is 9.65. The van der Waals surface area contributed by atoms with E-state index in [1.54, 1.807) is 6.07 Å². The van der Waals surface area contributed by atoms with Crippen molar-refractivity contribution in [2.45, 2.75) is 18.3 Å². The quantitative estimate of drug-likeness (QED) is 0.887. The number of aromatic hydroxyl groups is 1. The fourth-order valence-corrected chi connectivity index (χ4v) is 2.17. The van der Waals surface area contributed by atoms with Crippen LogP contribution >= 0.6 is 15.9 Å². The van der Waals surface area contributed by atoms with Crippen LogP contribution in [-0.2, 0) is 5.41 Å². The van der Waals surface area contributed by atoms with Gasteiger partial charge in [-0.25, -0.2) is 0 Å². The molecule has 0 atom stereocenters. The van der Waals surface area contributed by atoms with E-state index in [2.05, 4.69) is 15.9 Å². The van der Waals surface area contributed by atoms with Crippen LogP contribution in [0.15, 0.2) is 16.6 Å². The van der Waals surface area contributed by atoms with Gasteiger partial charge in [-0.3, -0.25) is 0 Å². The molecule has 0 unspecified atom stereocenters. The predicted octanol–water partition coefficient (Wildman–Crippen LogP) is 2.19. The Hall–Kier alpha value is -0.740. The fraction of sp³-hybridized carbons (Fsp3) is 0.455. The van der Waals surface area contributed by atoms with Crippen LogP contribution in [0.2, 0.25) is 0 Å². The number of phenols is 1. The molecular formula is C11H13BrO3. The molecular weight excluding hydrogens is 260 g/mol. The lowest BCUT2D eigenvalue weighted by Gasteiger charge is -2.15. The smallest absolute Gasteiger partial charge is 0.172 e. The highest BCUT2D eigenvalue weighted by Crippen LogP contribution is 2.50. The highest BCUT2D eigenvalue weighted by molar-refractivity contribution is 9.10. The van der Waals surface area contributed by atoms with Crippen LogP contribution in [0.5, 0.6) is 11.5 Å². The second-order valence-corrected chi connectivity index (χ2v) is 4.80. The van der Waals surface area contributed by atoms with Gasteiger partial charge in [-0.05, 0) is 46.5 Å². The third-order valence-electron chi connectivity index (χ3n) is 3.02. The molecule has 4 heteroatoms. The van der Waals surface area contributed by atoms with Crippen molar-refractivity contribution in [2.75, 3.05) is 13.7 Å². The lowest BCUT2D eigenvalue weighted by molar-refractivity contribution is 0.254. The number of aliphatic hydroxyl groups excluding tert-OH is 1. The van der Waals surface area contributed by atoms with Crippen LogP contribution in [0.3, 0.4) is 0 Å². The zero-order chi connectivity index (χ0) is 11.1. The number of hydrogen-bond donors (Lipinski definition) is 2. The molecule has 1 aliphatic carbocycles. The molecule has 1 aromatic carbocycles. The van der Waals surface area contributed by atoms with Gasteiger partial charge in [0.2, 0.25) is 0 Å². The summed E-state index contributed by atoms with van der Waals surface area (Å²) in [5.74, 6) is 0.550. The van der Waals surface area contributed by atoms with Gasteiger partial charge in [-0.15, -0.1) is 0 Å². The number of rotatable bonds is 3. The summed E-state index contributed by atoms with van der Waals surface area (Å²) in [6, 6.07) is 3.64. The second-order valence-electron chi connectivity index (χ2n) is 3.95. The Kier molecular flexibility index (Phi) is 2.64. The molecule has 0 radical (unpaired) electrons. The molecule has 82 valence electrons. The number of phenolic OH excluding ortho intramolecular Hbond substituents is 1. The first-order valence-corrected chi connectivity index (χ1v) is 5.60. The molecule has 1 fully saturated rings. The summed E-state index contributed by atoms with van der Waals surface area (Å²) in [4.78, 5) is 0. The first-order chi connectivity index (χ1) is 7.13. The Morgan fingerprint density at radius 1 is 1.47 bits per heavy atom. The van der Waals surface area contributed by atoms with E-state index in [-0.39, 0.29) is 17.8 Å². The Morgan fingerprint density at radius 3 is 2.60 bits per heavy atom. The van der Waals surface area contributed by atoms with Crippen molar-refractivity contribution >= 4 is 15.9 Å². The van der Waals surface area contributed by atoms with Gasteiger partial charge in [0.25, 0.3) is 0 Å². The van der Waals surface area contributed by atoms with Crippen LogP contribution in [0.1, 0.15) is 18.4 Å². The molecule has 1 aromatic rings. The molecule has 1 aliphatic rings. The highest BCUT2D eigenvalue weighted by Gasteiger charge is 2.44. The van der Waals surface area contributed by atoms with E-state index >= 15 is 0 Å². The summed E-state index contributed by atoms with van der Waals surface area (Å²) in [5, 5.41) is 19.0. The Labute approximate surface area is 96.8 Å². The molecule has 0 amide bonds. The molecule has 2 rings (SSSR count). The third-order valence-corrected chi connectivity index (χ3v) is 3.62. The highest BCUT2D eigenvalue weighted by atomic mass is 79.9. The van der Waals surface area contributed by atoms with Crippen molar-refractivity contribution < 1.29 is 14.9 Å². The maximum atomic E-state index is 9.65. The minimum Gasteiger partial charge on any atom is -0.503 e. The SMILES string of the molecule is COc1cc(C2(CO)CC2)cc(Br)c1O. The van der Waals surface area contributed by atoms with Crippen LogP contribution in [0, 0.1) is 0 Å². The van der Waals surface area contributed by atoms with Crippen molar-refractivity contribution in [1.29, 1.82) is 0 Å². The number of ether oxygens (including phenoxy) is 1. The minimum atomic E-state index is -0.108. The number of benzene rings is 1. The average molecular weight is 273 g/mol. The molecule has 0 aliphatic heterocycles. The maximum Gasteiger partial charge on any atom is 0.172 e. The topological polar surface area (TPSA) is 49.7 Å². The molecule has 0 aromatic heterocycles. The van der Waals surface area contributed by atoms with Gasteiger partial charge in [-0.1, -0.05) is 0 Å². The van der Waals surface area contributed by atoms with Crippen molar-refractivity contribution in [2.24, 2.45) is 0 Å². The summed E-state index contributed by atoms with van der Waals surface area (Å²) < 4.78 is 5.68. The van der Waals surface area contributed by atoms with Crippen LogP contribution < -0.4 is 4.74 Å². The van der Waals surface area contributed by atoms with Gasteiger partial charge in [-0.2, -0.15) is 0 Å². The van der Waals surface area contributed by atoms with E-state index in [0.717, 1.165) is 18.4 Å². The van der Waals surface area contributed by atoms with Gasteiger partial charge >= 0.3 is 0 Å². The minimum absolute atomic E-state index is 0.106. The molecule has 1 saturated carbocycles. The first-order valence-electron chi connectivity index (χ1n) is 4.81. The normalized spacial score (nSPS) is 17.5. The van der Waals surface area contributed by atoms with Crippen molar-refractivity contribution in [3.63, 3.8) is 0 Å². The van der Waals surface area contributed by atoms with E-state index in [4.69, 9.17) is 4.74 Å². The van der Waals surface area contributed by atoms with Gasteiger partial charge in [0.05, 0.1) is 18.2 Å². The van der Waals surface area contributed by atoms with Gasteiger partial charge in [0.1, 0.15) is 0 Å². The standard InChI is InChI=1S/C11H13BrO3/c1-15-9-5-7(4-8(12)10(9)14)11(6-13)2-3-11/h4-5,13-14H,2-3,6H2,1H3. The summed E-state index contributed by atoms with van der Waals surface area (Å²) in [6.45, 7) is 0.146. The molecule has 2 N–H and O–H groups in total. The summed E-state index contributed by atoms with van der Waals surface area (Å²) in [6.07, 6.45) is 1.98. The van der Waals surface area contributed by atoms with Gasteiger partial charge in [0.15, 0.2) is 11.5 Å². The third kappa shape index (κ3) is 1.72. The lowest BCUT2D eigenvalue weighted by atomic mass is 9.96. The van der Waals surface area contributed by atoms with Crippen LogP contribution in [-0.4, -0.2) is 23.9 Å². The second kappa shape index (κ2) is 3.68. The number of aliphatic hydroxyl groups is 1. The molecule has 0 saturated heterocycles. The van der Waals surface area contributed by atoms with Gasteiger partial charge in [0, 0.05) is 5.41 Å². The zero-order valence-corrected chi connectivity index (χ0v) is 10.0. The van der Waals surface area contributed by atoms with Crippen LogP contribution in [0.25, 0.3) is 0 Å². The Bertz CT molecular complexity index is 386. The molecule has 0 spiro atoms. The summed E-state index contributed by atoms with van der Waals surface area (Å²) >= 11 is 3.28. The molecule has 0 bridgehead atoms. The number of halogens is 1. The first kappa shape index (κ1) is 10.8. The summed E-state index contributed by atoms with van der Waals surface area (Å²) in [7, 11) is 1.52. The van der Waals surface area contributed by atoms with Crippen molar-refractivity contribution in [1.82, 2.24) is 0 Å². The summed E-state index contributed by atoms with van der Waals surface area (Å²) in [5.41, 5.74) is 0.912. The Balaban J connectivity index is 2.46. The molecule has 15 heavy (non-hydrogen) atoms. The van der Waals surface area contributed by atoms with E-state index in [1.165, 1.54) is 7.11 Å². The Morgan fingerprint density at radius 2 is 2.13 bits per heavy atom.